The lowest BCUT2D eigenvalue weighted by atomic mass is 9.72. The van der Waals surface area contributed by atoms with Gasteiger partial charge >= 0.3 is 5.97 Å². The molecule has 1 unspecified atom stereocenters. The van der Waals surface area contributed by atoms with E-state index in [-0.39, 0.29) is 17.3 Å². The second kappa shape index (κ2) is 7.88. The zero-order valence-electron chi connectivity index (χ0n) is 17.9. The van der Waals surface area contributed by atoms with E-state index in [1.807, 2.05) is 42.5 Å². The van der Waals surface area contributed by atoms with Gasteiger partial charge in [-0.15, -0.1) is 11.3 Å². The second-order valence-corrected chi connectivity index (χ2v) is 10.1. The van der Waals surface area contributed by atoms with E-state index in [4.69, 9.17) is 4.74 Å². The number of fused-ring (bicyclic) bond motifs is 2. The van der Waals surface area contributed by atoms with Crippen molar-refractivity contribution >= 4 is 39.0 Å². The molecule has 1 atom stereocenters. The lowest BCUT2D eigenvalue weighted by Crippen LogP contribution is -2.26. The fourth-order valence-electron chi connectivity index (χ4n) is 4.33. The molecule has 0 radical (unpaired) electrons. The van der Waals surface area contributed by atoms with Gasteiger partial charge in [0, 0.05) is 10.4 Å². The molecule has 2 aromatic carbocycles. The number of rotatable bonds is 3. The molecule has 0 aliphatic heterocycles. The molecule has 1 aliphatic carbocycles. The Bertz CT molecular complexity index is 1120. The second-order valence-electron chi connectivity index (χ2n) is 8.99. The largest absolute Gasteiger partial charge is 0.465 e. The first-order valence-corrected chi connectivity index (χ1v) is 11.1. The number of ether oxygens (including phenoxy) is 1. The van der Waals surface area contributed by atoms with Crippen molar-refractivity contribution in [2.24, 2.45) is 11.3 Å². The van der Waals surface area contributed by atoms with E-state index in [1.165, 1.54) is 23.3 Å². The topological polar surface area (TPSA) is 55.4 Å². The number of carbonyl (C=O) groups excluding carboxylic acids is 2. The Labute approximate surface area is 181 Å². The van der Waals surface area contributed by atoms with E-state index < -0.39 is 0 Å². The molecule has 3 aromatic rings. The van der Waals surface area contributed by atoms with Crippen LogP contribution in [0.5, 0.6) is 0 Å². The minimum atomic E-state index is -0.380. The van der Waals surface area contributed by atoms with Crippen molar-refractivity contribution < 1.29 is 14.3 Å². The number of hydrogen-bond donors (Lipinski definition) is 1. The molecule has 5 heteroatoms. The van der Waals surface area contributed by atoms with Gasteiger partial charge in [-0.2, -0.15) is 0 Å². The number of amides is 1. The van der Waals surface area contributed by atoms with Crippen LogP contribution in [0.15, 0.2) is 42.5 Å². The maximum Gasteiger partial charge on any atom is 0.341 e. The molecule has 0 spiro atoms. The summed E-state index contributed by atoms with van der Waals surface area (Å²) in [6.45, 7) is 6.79. The summed E-state index contributed by atoms with van der Waals surface area (Å²) in [7, 11) is 1.39. The van der Waals surface area contributed by atoms with E-state index in [0.29, 0.717) is 22.0 Å². The summed E-state index contributed by atoms with van der Waals surface area (Å²) in [5, 5.41) is 5.53. The highest BCUT2D eigenvalue weighted by Crippen LogP contribution is 2.44. The number of esters is 1. The quantitative estimate of drug-likeness (QED) is 0.521. The zero-order valence-corrected chi connectivity index (χ0v) is 18.7. The molecule has 1 amide bonds. The Morgan fingerprint density at radius 2 is 1.83 bits per heavy atom. The molecule has 1 aromatic heterocycles. The Kier molecular flexibility index (Phi) is 5.41. The van der Waals surface area contributed by atoms with E-state index in [0.717, 1.165) is 35.6 Å². The van der Waals surface area contributed by atoms with Crippen molar-refractivity contribution in [3.05, 3.63) is 64.0 Å². The van der Waals surface area contributed by atoms with Crippen molar-refractivity contribution in [1.29, 1.82) is 0 Å². The van der Waals surface area contributed by atoms with Gasteiger partial charge in [0.05, 0.1) is 12.7 Å². The number of carbonyl (C=O) groups is 2. The molecule has 30 heavy (non-hydrogen) atoms. The van der Waals surface area contributed by atoms with Crippen LogP contribution >= 0.6 is 11.3 Å². The normalized spacial score (nSPS) is 16.2. The lowest BCUT2D eigenvalue weighted by molar-refractivity contribution is 0.0600. The average molecular weight is 422 g/mol. The molecule has 0 bridgehead atoms. The van der Waals surface area contributed by atoms with Gasteiger partial charge in [-0.05, 0) is 53.0 Å². The Morgan fingerprint density at radius 1 is 1.10 bits per heavy atom. The molecular weight excluding hydrogens is 394 g/mol. The third kappa shape index (κ3) is 3.74. The first kappa shape index (κ1) is 20.6. The number of methoxy groups -OCH3 is 1. The van der Waals surface area contributed by atoms with Crippen LogP contribution in [0, 0.1) is 11.3 Å². The number of anilines is 1. The van der Waals surface area contributed by atoms with Gasteiger partial charge in [-0.1, -0.05) is 57.2 Å². The van der Waals surface area contributed by atoms with Gasteiger partial charge in [-0.25, -0.2) is 4.79 Å². The van der Waals surface area contributed by atoms with Crippen molar-refractivity contribution in [3.63, 3.8) is 0 Å². The summed E-state index contributed by atoms with van der Waals surface area (Å²) in [6.07, 6.45) is 2.80. The lowest BCUT2D eigenvalue weighted by Gasteiger charge is -2.33. The molecule has 156 valence electrons. The van der Waals surface area contributed by atoms with E-state index in [2.05, 4.69) is 26.1 Å². The summed E-state index contributed by atoms with van der Waals surface area (Å²) in [4.78, 5) is 27.0. The highest BCUT2D eigenvalue weighted by Gasteiger charge is 2.34. The SMILES string of the molecule is COC(=O)c1c(NC(=O)c2cccc3ccccc23)sc2c1CCC(C(C)(C)C)C2. The molecule has 4 nitrogen and oxygen atoms in total. The first-order chi connectivity index (χ1) is 14.3. The summed E-state index contributed by atoms with van der Waals surface area (Å²) in [6, 6.07) is 13.5. The van der Waals surface area contributed by atoms with Crippen molar-refractivity contribution in [2.75, 3.05) is 12.4 Å². The van der Waals surface area contributed by atoms with Crippen LogP contribution < -0.4 is 5.32 Å². The maximum absolute atomic E-state index is 13.2. The van der Waals surface area contributed by atoms with Gasteiger partial charge < -0.3 is 10.1 Å². The van der Waals surface area contributed by atoms with Crippen LogP contribution in [0.2, 0.25) is 0 Å². The summed E-state index contributed by atoms with van der Waals surface area (Å²) < 4.78 is 5.07. The van der Waals surface area contributed by atoms with Crippen LogP contribution in [0.1, 0.15) is 58.3 Å². The van der Waals surface area contributed by atoms with Crippen LogP contribution in [0.4, 0.5) is 5.00 Å². The van der Waals surface area contributed by atoms with Gasteiger partial charge in [-0.3, -0.25) is 4.79 Å². The van der Waals surface area contributed by atoms with Crippen LogP contribution in [-0.2, 0) is 17.6 Å². The van der Waals surface area contributed by atoms with Crippen LogP contribution in [-0.4, -0.2) is 19.0 Å². The number of nitrogens with one attached hydrogen (secondary N) is 1. The summed E-state index contributed by atoms with van der Waals surface area (Å²) >= 11 is 1.52. The molecule has 4 rings (SSSR count). The third-order valence-electron chi connectivity index (χ3n) is 6.14. The minimum Gasteiger partial charge on any atom is -0.465 e. The first-order valence-electron chi connectivity index (χ1n) is 10.3. The van der Waals surface area contributed by atoms with E-state index in [1.54, 1.807) is 0 Å². The van der Waals surface area contributed by atoms with Gasteiger partial charge in [0.2, 0.25) is 0 Å². The monoisotopic (exact) mass is 421 g/mol. The van der Waals surface area contributed by atoms with Crippen LogP contribution in [0.25, 0.3) is 10.8 Å². The van der Waals surface area contributed by atoms with Crippen molar-refractivity contribution in [1.82, 2.24) is 0 Å². The molecule has 1 aliphatic rings. The van der Waals surface area contributed by atoms with Gasteiger partial charge in [0.15, 0.2) is 0 Å². The predicted octanol–water partition coefficient (Wildman–Crippen LogP) is 6.09. The van der Waals surface area contributed by atoms with E-state index >= 15 is 0 Å². The van der Waals surface area contributed by atoms with Crippen LogP contribution in [0.3, 0.4) is 0 Å². The van der Waals surface area contributed by atoms with Gasteiger partial charge in [0.1, 0.15) is 5.00 Å². The van der Waals surface area contributed by atoms with Gasteiger partial charge in [0.25, 0.3) is 5.91 Å². The highest BCUT2D eigenvalue weighted by molar-refractivity contribution is 7.17. The zero-order chi connectivity index (χ0) is 21.5. The molecular formula is C25H27NO3S. The smallest absolute Gasteiger partial charge is 0.341 e. The number of hydrogen-bond acceptors (Lipinski definition) is 4. The summed E-state index contributed by atoms with van der Waals surface area (Å²) in [5.74, 6) is -0.0337. The molecule has 1 N–H and O–H groups in total. The van der Waals surface area contributed by atoms with Crippen molar-refractivity contribution in [3.8, 4) is 0 Å². The standard InChI is InChI=1S/C25H27NO3S/c1-25(2,3)16-12-13-19-20(14-16)30-23(21(19)24(28)29-4)26-22(27)18-11-7-9-15-8-5-6-10-17(15)18/h5-11,16H,12-14H2,1-4H3,(H,26,27). The van der Waals surface area contributed by atoms with Crippen molar-refractivity contribution in [2.45, 2.75) is 40.0 Å². The fraction of sp³-hybridized carbons (Fsp3) is 0.360. The number of thiophene rings is 1. The molecule has 0 saturated heterocycles. The fourth-order valence-corrected chi connectivity index (χ4v) is 5.64. The Morgan fingerprint density at radius 3 is 2.57 bits per heavy atom. The molecule has 1 heterocycles. The maximum atomic E-state index is 13.2. The highest BCUT2D eigenvalue weighted by atomic mass is 32.1. The summed E-state index contributed by atoms with van der Waals surface area (Å²) in [5.41, 5.74) is 2.38. The molecule has 0 fully saturated rings. The third-order valence-corrected chi connectivity index (χ3v) is 7.31. The molecule has 0 saturated carbocycles. The van der Waals surface area contributed by atoms with E-state index in [9.17, 15) is 9.59 Å². The Hall–Kier alpha value is -2.66. The number of benzene rings is 2. The Balaban J connectivity index is 1.71. The predicted molar refractivity (Wildman–Crippen MR) is 123 cm³/mol. The average Bonchev–Trinajstić information content (AvgIpc) is 3.09. The minimum absolute atomic E-state index is 0.206.